The number of hydrogen-bond donors (Lipinski definition) is 2. The van der Waals surface area contributed by atoms with Crippen molar-refractivity contribution in [3.8, 4) is 0 Å². The Balaban J connectivity index is 1.54. The molecule has 4 rings (SSSR count). The van der Waals surface area contributed by atoms with Gasteiger partial charge in [0.1, 0.15) is 17.8 Å². The van der Waals surface area contributed by atoms with Crippen LogP contribution in [-0.4, -0.2) is 20.9 Å². The summed E-state index contributed by atoms with van der Waals surface area (Å²) in [4.78, 5) is 51.7. The third-order valence-corrected chi connectivity index (χ3v) is 6.58. The summed E-state index contributed by atoms with van der Waals surface area (Å²) in [6.45, 7) is -0.0208. The topological polar surface area (TPSA) is 102 Å². The lowest BCUT2D eigenvalue weighted by molar-refractivity contribution is -0.122. The molecule has 0 aliphatic heterocycles. The molecule has 3 aromatic heterocycles. The summed E-state index contributed by atoms with van der Waals surface area (Å²) in [5.41, 5.74) is 0.0885. The van der Waals surface area contributed by atoms with Gasteiger partial charge < -0.3 is 10.6 Å². The minimum atomic E-state index is -0.693. The van der Waals surface area contributed by atoms with Crippen molar-refractivity contribution < 1.29 is 9.59 Å². The number of carbonyl (C=O) groups excluding carboxylic acids is 2. The monoisotopic (exact) mass is 468 g/mol. The summed E-state index contributed by atoms with van der Waals surface area (Å²) in [5.74, 6) is -0.815. The van der Waals surface area contributed by atoms with Gasteiger partial charge in [0.2, 0.25) is 11.8 Å². The Kier molecular flexibility index (Phi) is 6.62. The summed E-state index contributed by atoms with van der Waals surface area (Å²) >= 11 is 2.67. The van der Waals surface area contributed by atoms with Gasteiger partial charge >= 0.3 is 5.69 Å². The first-order chi connectivity index (χ1) is 15.5. The normalized spacial score (nSPS) is 10.9. The van der Waals surface area contributed by atoms with Crippen molar-refractivity contribution in [2.45, 2.75) is 26.2 Å². The highest BCUT2D eigenvalue weighted by Crippen LogP contribution is 2.15. The maximum atomic E-state index is 13.1. The molecule has 0 fully saturated rings. The average molecular weight is 469 g/mol. The second kappa shape index (κ2) is 9.75. The van der Waals surface area contributed by atoms with E-state index < -0.39 is 23.7 Å². The Morgan fingerprint density at radius 2 is 1.50 bits per heavy atom. The molecule has 2 amide bonds. The molecule has 0 saturated carbocycles. The van der Waals surface area contributed by atoms with Gasteiger partial charge in [0, 0.05) is 11.4 Å². The minimum Gasteiger partial charge on any atom is -0.350 e. The van der Waals surface area contributed by atoms with Gasteiger partial charge in [-0.1, -0.05) is 36.4 Å². The lowest BCUT2D eigenvalue weighted by Gasteiger charge is -2.12. The number of thiophene rings is 2. The minimum absolute atomic E-state index is 0.254. The molecule has 0 spiro atoms. The average Bonchev–Trinajstić information content (AvgIpc) is 3.50. The lowest BCUT2D eigenvalue weighted by atomic mass is 10.2. The highest BCUT2D eigenvalue weighted by Gasteiger charge is 2.18. The summed E-state index contributed by atoms with van der Waals surface area (Å²) < 4.78 is 2.44. The van der Waals surface area contributed by atoms with E-state index in [-0.39, 0.29) is 12.5 Å². The first-order valence-corrected chi connectivity index (χ1v) is 11.6. The molecule has 0 saturated heterocycles. The number of benzene rings is 1. The Bertz CT molecular complexity index is 1350. The van der Waals surface area contributed by atoms with Crippen molar-refractivity contribution in [3.05, 3.63) is 90.6 Å². The number of fused-ring (bicyclic) bond motifs is 1. The molecule has 0 unspecified atom stereocenters. The van der Waals surface area contributed by atoms with Crippen molar-refractivity contribution in [3.63, 3.8) is 0 Å². The van der Waals surface area contributed by atoms with Crippen LogP contribution in [0.5, 0.6) is 0 Å². The standard InChI is InChI=1S/C22H20N4O4S2/c27-18(23-11-15-5-2-1-3-6-15)13-25-17-8-10-32-20(17)21(29)26(22(25)30)14-19(28)24-12-16-7-4-9-31-16/h1-10H,11-14H2,(H,23,27)(H,24,28). The maximum absolute atomic E-state index is 13.1. The van der Waals surface area contributed by atoms with Crippen LogP contribution in [0.3, 0.4) is 0 Å². The number of amides is 2. The molecule has 0 aliphatic carbocycles. The summed E-state index contributed by atoms with van der Waals surface area (Å²) in [7, 11) is 0. The molecule has 0 atom stereocenters. The fourth-order valence-corrected chi connectivity index (χ4v) is 4.71. The smallest absolute Gasteiger partial charge is 0.332 e. The molecular weight excluding hydrogens is 448 g/mol. The third-order valence-electron chi connectivity index (χ3n) is 4.81. The fraction of sp³-hybridized carbons (Fsp3) is 0.182. The highest BCUT2D eigenvalue weighted by molar-refractivity contribution is 7.17. The van der Waals surface area contributed by atoms with Crippen LogP contribution < -0.4 is 21.9 Å². The Morgan fingerprint density at radius 1 is 0.781 bits per heavy atom. The quantitative estimate of drug-likeness (QED) is 0.412. The number of hydrogen-bond acceptors (Lipinski definition) is 6. The van der Waals surface area contributed by atoms with Gasteiger partial charge in [0.15, 0.2) is 0 Å². The predicted octanol–water partition coefficient (Wildman–Crippen LogP) is 1.92. The van der Waals surface area contributed by atoms with Crippen molar-refractivity contribution in [2.24, 2.45) is 0 Å². The van der Waals surface area contributed by atoms with Gasteiger partial charge in [-0.15, -0.1) is 22.7 Å². The Morgan fingerprint density at radius 3 is 2.22 bits per heavy atom. The molecule has 164 valence electrons. The first kappa shape index (κ1) is 21.7. The zero-order valence-electron chi connectivity index (χ0n) is 16.9. The largest absolute Gasteiger partial charge is 0.350 e. The summed E-state index contributed by atoms with van der Waals surface area (Å²) in [6.07, 6.45) is 0. The second-order valence-electron chi connectivity index (χ2n) is 7.01. The van der Waals surface area contributed by atoms with E-state index in [1.165, 1.54) is 27.2 Å². The predicted molar refractivity (Wildman–Crippen MR) is 125 cm³/mol. The highest BCUT2D eigenvalue weighted by atomic mass is 32.1. The van der Waals surface area contributed by atoms with Crippen LogP contribution in [0.2, 0.25) is 0 Å². The molecule has 8 nitrogen and oxygen atoms in total. The van der Waals surface area contributed by atoms with E-state index in [4.69, 9.17) is 0 Å². The zero-order chi connectivity index (χ0) is 22.5. The molecule has 0 radical (unpaired) electrons. The van der Waals surface area contributed by atoms with Crippen LogP contribution in [0.4, 0.5) is 0 Å². The van der Waals surface area contributed by atoms with Crippen LogP contribution in [0.1, 0.15) is 10.4 Å². The number of nitrogens with one attached hydrogen (secondary N) is 2. The zero-order valence-corrected chi connectivity index (χ0v) is 18.6. The van der Waals surface area contributed by atoms with Gasteiger partial charge in [-0.2, -0.15) is 0 Å². The number of carbonyl (C=O) groups is 2. The van der Waals surface area contributed by atoms with E-state index in [1.54, 1.807) is 11.4 Å². The van der Waals surface area contributed by atoms with Crippen LogP contribution in [0, 0.1) is 0 Å². The SMILES string of the molecule is O=C(Cn1c(=O)c2sccc2n(CC(=O)NCc2ccccc2)c1=O)NCc1cccs1. The molecule has 1 aromatic carbocycles. The Hall–Kier alpha value is -3.50. The molecule has 4 aromatic rings. The number of nitrogens with zero attached hydrogens (tertiary/aromatic N) is 2. The van der Waals surface area contributed by atoms with E-state index in [2.05, 4.69) is 10.6 Å². The molecule has 0 aliphatic rings. The van der Waals surface area contributed by atoms with Gasteiger partial charge in [0.25, 0.3) is 5.56 Å². The molecule has 3 heterocycles. The van der Waals surface area contributed by atoms with E-state index in [0.29, 0.717) is 23.3 Å². The van der Waals surface area contributed by atoms with E-state index in [0.717, 1.165) is 15.0 Å². The maximum Gasteiger partial charge on any atom is 0.332 e. The molecule has 32 heavy (non-hydrogen) atoms. The molecule has 0 bridgehead atoms. The number of rotatable bonds is 8. The summed E-state index contributed by atoms with van der Waals surface area (Å²) in [5, 5.41) is 9.08. The third kappa shape index (κ3) is 4.87. The molecular formula is C22H20N4O4S2. The van der Waals surface area contributed by atoms with Crippen LogP contribution in [0.15, 0.2) is 68.9 Å². The van der Waals surface area contributed by atoms with Gasteiger partial charge in [-0.05, 0) is 28.5 Å². The fourth-order valence-electron chi connectivity index (χ4n) is 3.22. The van der Waals surface area contributed by atoms with Crippen LogP contribution in [-0.2, 0) is 35.8 Å². The van der Waals surface area contributed by atoms with Gasteiger partial charge in [-0.3, -0.25) is 19.0 Å². The van der Waals surface area contributed by atoms with Crippen molar-refractivity contribution >= 4 is 44.7 Å². The Labute approximate surface area is 190 Å². The first-order valence-electron chi connectivity index (χ1n) is 9.83. The van der Waals surface area contributed by atoms with Crippen LogP contribution in [0.25, 0.3) is 10.2 Å². The second-order valence-corrected chi connectivity index (χ2v) is 8.96. The molecule has 10 heteroatoms. The summed E-state index contributed by atoms with van der Waals surface area (Å²) in [6, 6.07) is 14.8. The van der Waals surface area contributed by atoms with Gasteiger partial charge in [0.05, 0.1) is 12.1 Å². The number of aromatic nitrogens is 2. The molecule has 2 N–H and O–H groups in total. The van der Waals surface area contributed by atoms with Crippen molar-refractivity contribution in [1.82, 2.24) is 19.8 Å². The van der Waals surface area contributed by atoms with E-state index in [1.807, 2.05) is 47.8 Å². The van der Waals surface area contributed by atoms with Gasteiger partial charge in [-0.25, -0.2) is 9.36 Å². The lowest BCUT2D eigenvalue weighted by Crippen LogP contribution is -2.45. The van der Waals surface area contributed by atoms with E-state index >= 15 is 0 Å². The van der Waals surface area contributed by atoms with Crippen molar-refractivity contribution in [1.29, 1.82) is 0 Å². The van der Waals surface area contributed by atoms with E-state index in [9.17, 15) is 19.2 Å². The van der Waals surface area contributed by atoms with Crippen LogP contribution >= 0.6 is 22.7 Å². The van der Waals surface area contributed by atoms with Crippen molar-refractivity contribution in [2.75, 3.05) is 0 Å².